The molecule has 4 heteroatoms. The molecule has 120 valence electrons. The molecule has 0 saturated carbocycles. The lowest BCUT2D eigenvalue weighted by Crippen LogP contribution is -2.27. The van der Waals surface area contributed by atoms with E-state index < -0.39 is 5.97 Å². The van der Waals surface area contributed by atoms with Crippen molar-refractivity contribution in [2.24, 2.45) is 0 Å². The number of esters is 1. The molecule has 24 heavy (non-hydrogen) atoms. The highest BCUT2D eigenvalue weighted by Gasteiger charge is 2.13. The van der Waals surface area contributed by atoms with E-state index in [9.17, 15) is 9.59 Å². The Morgan fingerprint density at radius 2 is 1.46 bits per heavy atom. The Balaban J connectivity index is 1.75. The first kappa shape index (κ1) is 15.7. The maximum Gasteiger partial charge on any atom is 0.344 e. The molecule has 0 radical (unpaired) electrons. The van der Waals surface area contributed by atoms with Crippen molar-refractivity contribution >= 4 is 5.97 Å². The molecule has 1 heterocycles. The molecular weight excluding hydrogens is 302 g/mol. The van der Waals surface area contributed by atoms with E-state index in [1.165, 1.54) is 10.6 Å². The fourth-order valence-electron chi connectivity index (χ4n) is 2.40. The number of nitrogens with zero attached hydrogens (tertiary/aromatic N) is 1. The standard InChI is InChI=1S/C20H17NO3/c22-19-18(20(23)24-15-17-10-5-2-6-11-17)12-7-13-21(19)14-16-8-3-1-4-9-16/h1-13H,14-15H2. The second-order valence-corrected chi connectivity index (χ2v) is 5.40. The lowest BCUT2D eigenvalue weighted by Gasteiger charge is -2.08. The van der Waals surface area contributed by atoms with E-state index in [1.807, 2.05) is 60.7 Å². The monoisotopic (exact) mass is 319 g/mol. The zero-order valence-corrected chi connectivity index (χ0v) is 13.1. The van der Waals surface area contributed by atoms with E-state index in [1.54, 1.807) is 12.3 Å². The number of hydrogen-bond donors (Lipinski definition) is 0. The van der Waals surface area contributed by atoms with Crippen LogP contribution in [0.15, 0.2) is 83.8 Å². The minimum atomic E-state index is -0.605. The fourth-order valence-corrected chi connectivity index (χ4v) is 2.40. The molecule has 0 spiro atoms. The van der Waals surface area contributed by atoms with Gasteiger partial charge in [-0.3, -0.25) is 4.79 Å². The molecular formula is C20H17NO3. The van der Waals surface area contributed by atoms with Gasteiger partial charge in [-0.2, -0.15) is 0 Å². The van der Waals surface area contributed by atoms with Crippen molar-refractivity contribution < 1.29 is 9.53 Å². The molecule has 2 aromatic carbocycles. The number of benzene rings is 2. The van der Waals surface area contributed by atoms with Crippen molar-refractivity contribution in [3.05, 3.63) is 106 Å². The fraction of sp³-hybridized carbons (Fsp3) is 0.100. The predicted octanol–water partition coefficient (Wildman–Crippen LogP) is 3.25. The van der Waals surface area contributed by atoms with Crippen molar-refractivity contribution in [1.29, 1.82) is 0 Å². The number of carbonyl (C=O) groups excluding carboxylic acids is 1. The number of ether oxygens (including phenoxy) is 1. The summed E-state index contributed by atoms with van der Waals surface area (Å²) in [5.74, 6) is -0.605. The topological polar surface area (TPSA) is 48.3 Å². The minimum absolute atomic E-state index is 0.0457. The summed E-state index contributed by atoms with van der Waals surface area (Å²) in [6.07, 6.45) is 1.67. The van der Waals surface area contributed by atoms with Crippen LogP contribution in [0.3, 0.4) is 0 Å². The minimum Gasteiger partial charge on any atom is -0.457 e. The van der Waals surface area contributed by atoms with Gasteiger partial charge in [0.05, 0.1) is 6.54 Å². The summed E-state index contributed by atoms with van der Waals surface area (Å²) < 4.78 is 6.76. The third-order valence-corrected chi connectivity index (χ3v) is 3.65. The molecule has 0 N–H and O–H groups in total. The molecule has 0 saturated heterocycles. The summed E-state index contributed by atoms with van der Waals surface area (Å²) in [5.41, 5.74) is 1.57. The van der Waals surface area contributed by atoms with Crippen LogP contribution >= 0.6 is 0 Å². The molecule has 1 aromatic heterocycles. The summed E-state index contributed by atoms with van der Waals surface area (Å²) >= 11 is 0. The molecule has 4 nitrogen and oxygen atoms in total. The smallest absolute Gasteiger partial charge is 0.344 e. The molecule has 0 amide bonds. The van der Waals surface area contributed by atoms with Crippen LogP contribution in [0.4, 0.5) is 0 Å². The largest absolute Gasteiger partial charge is 0.457 e. The number of aromatic nitrogens is 1. The van der Waals surface area contributed by atoms with Crippen LogP contribution in [-0.2, 0) is 17.9 Å². The molecule has 0 bridgehead atoms. The first-order valence-corrected chi connectivity index (χ1v) is 7.68. The Hall–Kier alpha value is -3.14. The molecule has 3 rings (SSSR count). The molecule has 3 aromatic rings. The van der Waals surface area contributed by atoms with E-state index in [2.05, 4.69) is 0 Å². The van der Waals surface area contributed by atoms with E-state index >= 15 is 0 Å². The Bertz CT molecular complexity index is 870. The summed E-state index contributed by atoms with van der Waals surface area (Å²) in [5, 5.41) is 0. The summed E-state index contributed by atoms with van der Waals surface area (Å²) in [7, 11) is 0. The summed E-state index contributed by atoms with van der Waals surface area (Å²) in [4.78, 5) is 24.7. The van der Waals surface area contributed by atoms with Crippen molar-refractivity contribution in [3.8, 4) is 0 Å². The summed E-state index contributed by atoms with van der Waals surface area (Å²) in [6, 6.07) is 22.2. The van der Waals surface area contributed by atoms with Gasteiger partial charge in [-0.05, 0) is 23.3 Å². The Morgan fingerprint density at radius 1 is 0.833 bits per heavy atom. The summed E-state index contributed by atoms with van der Waals surface area (Å²) in [6.45, 7) is 0.562. The van der Waals surface area contributed by atoms with E-state index in [4.69, 9.17) is 4.74 Å². The molecule has 0 unspecified atom stereocenters. The van der Waals surface area contributed by atoms with Crippen molar-refractivity contribution in [2.75, 3.05) is 0 Å². The van der Waals surface area contributed by atoms with Crippen molar-refractivity contribution in [1.82, 2.24) is 4.57 Å². The molecule has 0 aliphatic heterocycles. The quantitative estimate of drug-likeness (QED) is 0.678. The van der Waals surface area contributed by atoms with Gasteiger partial charge in [-0.15, -0.1) is 0 Å². The highest BCUT2D eigenvalue weighted by atomic mass is 16.5. The van der Waals surface area contributed by atoms with Gasteiger partial charge in [-0.25, -0.2) is 4.79 Å². The number of hydrogen-bond acceptors (Lipinski definition) is 3. The van der Waals surface area contributed by atoms with Crippen LogP contribution in [0, 0.1) is 0 Å². The molecule has 0 aliphatic rings. The lowest BCUT2D eigenvalue weighted by atomic mass is 10.2. The van der Waals surface area contributed by atoms with E-state index in [-0.39, 0.29) is 17.7 Å². The van der Waals surface area contributed by atoms with Gasteiger partial charge in [0.25, 0.3) is 5.56 Å². The maximum absolute atomic E-state index is 12.5. The second kappa shape index (κ2) is 7.42. The van der Waals surface area contributed by atoms with Gasteiger partial charge in [-0.1, -0.05) is 60.7 Å². The van der Waals surface area contributed by atoms with Gasteiger partial charge >= 0.3 is 5.97 Å². The molecule has 0 fully saturated rings. The number of pyridine rings is 1. The SMILES string of the molecule is O=C(OCc1ccccc1)c1cccn(Cc2ccccc2)c1=O. The van der Waals surface area contributed by atoms with Gasteiger partial charge < -0.3 is 9.30 Å². The second-order valence-electron chi connectivity index (χ2n) is 5.40. The third kappa shape index (κ3) is 3.79. The first-order chi connectivity index (χ1) is 11.7. The van der Waals surface area contributed by atoms with Crippen molar-refractivity contribution in [2.45, 2.75) is 13.2 Å². The number of carbonyl (C=O) groups is 1. The van der Waals surface area contributed by atoms with Gasteiger partial charge in [0.1, 0.15) is 12.2 Å². The van der Waals surface area contributed by atoms with Crippen LogP contribution in [-0.4, -0.2) is 10.5 Å². The lowest BCUT2D eigenvalue weighted by molar-refractivity contribution is 0.0470. The van der Waals surface area contributed by atoms with Crippen LogP contribution in [0.5, 0.6) is 0 Å². The molecule has 0 aliphatic carbocycles. The zero-order chi connectivity index (χ0) is 16.8. The number of rotatable bonds is 5. The van der Waals surface area contributed by atoms with Crippen LogP contribution < -0.4 is 5.56 Å². The zero-order valence-electron chi connectivity index (χ0n) is 13.1. The van der Waals surface area contributed by atoms with Gasteiger partial charge in [0, 0.05) is 6.20 Å². The van der Waals surface area contributed by atoms with Crippen LogP contribution in [0.2, 0.25) is 0 Å². The Morgan fingerprint density at radius 3 is 2.12 bits per heavy atom. The van der Waals surface area contributed by atoms with Crippen molar-refractivity contribution in [3.63, 3.8) is 0 Å². The highest BCUT2D eigenvalue weighted by Crippen LogP contribution is 2.05. The van der Waals surface area contributed by atoms with Gasteiger partial charge in [0.2, 0.25) is 0 Å². The Kier molecular flexibility index (Phi) is 4.87. The highest BCUT2D eigenvalue weighted by molar-refractivity contribution is 5.88. The maximum atomic E-state index is 12.5. The first-order valence-electron chi connectivity index (χ1n) is 7.68. The molecule has 0 atom stereocenters. The van der Waals surface area contributed by atoms with Gasteiger partial charge in [0.15, 0.2) is 0 Å². The van der Waals surface area contributed by atoms with E-state index in [0.29, 0.717) is 6.54 Å². The average molecular weight is 319 g/mol. The van der Waals surface area contributed by atoms with Crippen LogP contribution in [0.25, 0.3) is 0 Å². The van der Waals surface area contributed by atoms with Crippen LogP contribution in [0.1, 0.15) is 21.5 Å². The normalized spacial score (nSPS) is 10.3. The van der Waals surface area contributed by atoms with E-state index in [0.717, 1.165) is 11.1 Å². The third-order valence-electron chi connectivity index (χ3n) is 3.65. The average Bonchev–Trinajstić information content (AvgIpc) is 2.63. The predicted molar refractivity (Wildman–Crippen MR) is 91.8 cm³/mol. The Labute approximate surface area is 140 Å².